The summed E-state index contributed by atoms with van der Waals surface area (Å²) in [6, 6.07) is 17.7. The van der Waals surface area contributed by atoms with Crippen LogP contribution in [0, 0.1) is 0 Å². The number of Topliss-reactive ketones (excluding diaryl/α,β-unsaturated/α-hetero) is 1. The van der Waals surface area contributed by atoms with Crippen molar-refractivity contribution in [1.82, 2.24) is 5.32 Å². The number of ketones is 1. The van der Waals surface area contributed by atoms with Gasteiger partial charge in [0.2, 0.25) is 5.78 Å². The first-order chi connectivity index (χ1) is 17.9. The van der Waals surface area contributed by atoms with Gasteiger partial charge in [0, 0.05) is 12.5 Å². The molecule has 4 rings (SSSR count). The van der Waals surface area contributed by atoms with Crippen LogP contribution >= 0.6 is 0 Å². The number of rotatable bonds is 10. The largest absolute Gasteiger partial charge is 0.493 e. The monoisotopic (exact) mass is 503 g/mol. The number of allylic oxidation sites excluding steroid dienone is 1. The van der Waals surface area contributed by atoms with Gasteiger partial charge in [-0.2, -0.15) is 0 Å². The van der Waals surface area contributed by atoms with E-state index < -0.39 is 24.5 Å². The van der Waals surface area contributed by atoms with Crippen molar-refractivity contribution >= 4 is 23.7 Å². The molecule has 9 nitrogen and oxygen atoms in total. The van der Waals surface area contributed by atoms with Crippen molar-refractivity contribution < 1.29 is 38.4 Å². The molecule has 1 atom stereocenters. The van der Waals surface area contributed by atoms with Gasteiger partial charge in [0.1, 0.15) is 17.5 Å². The number of hydrogen-bond acceptors (Lipinski definition) is 7. The van der Waals surface area contributed by atoms with Gasteiger partial charge in [0.05, 0.1) is 19.8 Å². The van der Waals surface area contributed by atoms with Crippen LogP contribution in [0.3, 0.4) is 0 Å². The molecule has 1 amide bonds. The molecule has 0 saturated carbocycles. The first-order valence-corrected chi connectivity index (χ1v) is 11.4. The second-order valence-electron chi connectivity index (χ2n) is 8.15. The van der Waals surface area contributed by atoms with E-state index in [-0.39, 0.29) is 18.0 Å². The van der Waals surface area contributed by atoms with E-state index in [2.05, 4.69) is 5.32 Å². The predicted molar refractivity (Wildman–Crippen MR) is 134 cm³/mol. The van der Waals surface area contributed by atoms with Crippen LogP contribution in [0.15, 0.2) is 72.5 Å². The molecule has 0 aliphatic carbocycles. The molecule has 1 heterocycles. The van der Waals surface area contributed by atoms with Crippen molar-refractivity contribution in [3.63, 3.8) is 0 Å². The summed E-state index contributed by atoms with van der Waals surface area (Å²) in [5, 5.41) is 11.9. The van der Waals surface area contributed by atoms with E-state index in [9.17, 15) is 19.5 Å². The highest BCUT2D eigenvalue weighted by atomic mass is 16.5. The molecule has 1 aliphatic heterocycles. The van der Waals surface area contributed by atoms with Crippen molar-refractivity contribution in [3.8, 4) is 23.0 Å². The third-order valence-electron chi connectivity index (χ3n) is 5.63. The molecule has 0 fully saturated rings. The number of hydrogen-bond donors (Lipinski definition) is 2. The van der Waals surface area contributed by atoms with Gasteiger partial charge >= 0.3 is 5.97 Å². The molecule has 0 bridgehead atoms. The standard InChI is InChI=1S/C28H25NO8/c1-34-22-11-8-18(13-24(22)35-2)14-25-27(31)20-10-9-19(15-23(20)37-25)36-16-26(30)29-21(28(32)33)12-17-6-4-3-5-7-17/h3-11,13-15,21H,12,16H2,1-2H3,(H,29,30)(H,32,33). The fourth-order valence-electron chi connectivity index (χ4n) is 3.79. The number of nitrogens with one attached hydrogen (secondary N) is 1. The van der Waals surface area contributed by atoms with Crippen molar-refractivity contribution in [2.75, 3.05) is 20.8 Å². The first-order valence-electron chi connectivity index (χ1n) is 11.4. The maximum Gasteiger partial charge on any atom is 0.326 e. The molecule has 37 heavy (non-hydrogen) atoms. The Morgan fingerprint density at radius 2 is 1.76 bits per heavy atom. The number of fused-ring (bicyclic) bond motifs is 1. The zero-order valence-corrected chi connectivity index (χ0v) is 20.2. The Labute approximate surface area is 213 Å². The van der Waals surface area contributed by atoms with Gasteiger partial charge in [-0.25, -0.2) is 4.79 Å². The predicted octanol–water partition coefficient (Wildman–Crippen LogP) is 3.51. The minimum atomic E-state index is -1.14. The van der Waals surface area contributed by atoms with E-state index in [0.29, 0.717) is 34.1 Å². The third kappa shape index (κ3) is 6.07. The van der Waals surface area contributed by atoms with E-state index in [0.717, 1.165) is 5.56 Å². The van der Waals surface area contributed by atoms with Crippen molar-refractivity contribution in [2.24, 2.45) is 0 Å². The topological polar surface area (TPSA) is 120 Å². The van der Waals surface area contributed by atoms with Crippen LogP contribution in [0.2, 0.25) is 0 Å². The van der Waals surface area contributed by atoms with Crippen LogP contribution in [0.25, 0.3) is 6.08 Å². The molecule has 1 aliphatic rings. The Bertz CT molecular complexity index is 1350. The van der Waals surface area contributed by atoms with Crippen LogP contribution in [0.1, 0.15) is 21.5 Å². The van der Waals surface area contributed by atoms with Crippen LogP contribution < -0.4 is 24.3 Å². The van der Waals surface area contributed by atoms with Crippen molar-refractivity contribution in [3.05, 3.63) is 89.2 Å². The number of carbonyl (C=O) groups excluding carboxylic acids is 2. The molecule has 0 spiro atoms. The van der Waals surface area contributed by atoms with Crippen LogP contribution in [-0.2, 0) is 16.0 Å². The van der Waals surface area contributed by atoms with Gasteiger partial charge in [-0.3, -0.25) is 9.59 Å². The zero-order valence-electron chi connectivity index (χ0n) is 20.2. The molecule has 0 aromatic heterocycles. The first kappa shape index (κ1) is 25.3. The molecule has 190 valence electrons. The smallest absolute Gasteiger partial charge is 0.326 e. The molecule has 3 aromatic carbocycles. The van der Waals surface area contributed by atoms with Crippen LogP contribution in [0.4, 0.5) is 0 Å². The number of benzene rings is 3. The number of methoxy groups -OCH3 is 2. The lowest BCUT2D eigenvalue weighted by Gasteiger charge is -2.15. The van der Waals surface area contributed by atoms with Crippen molar-refractivity contribution in [1.29, 1.82) is 0 Å². The maximum atomic E-state index is 12.8. The highest BCUT2D eigenvalue weighted by Crippen LogP contribution is 2.36. The average Bonchev–Trinajstić information content (AvgIpc) is 3.21. The Kier molecular flexibility index (Phi) is 7.73. The summed E-state index contributed by atoms with van der Waals surface area (Å²) in [6.45, 7) is -0.403. The number of ether oxygens (including phenoxy) is 4. The molecule has 3 aromatic rings. The molecule has 2 N–H and O–H groups in total. The fourth-order valence-corrected chi connectivity index (χ4v) is 3.79. The summed E-state index contributed by atoms with van der Waals surface area (Å²) < 4.78 is 21.8. The van der Waals surface area contributed by atoms with Gasteiger partial charge in [0.15, 0.2) is 23.9 Å². The van der Waals surface area contributed by atoms with E-state index >= 15 is 0 Å². The molecular weight excluding hydrogens is 478 g/mol. The third-order valence-corrected chi connectivity index (χ3v) is 5.63. The summed E-state index contributed by atoms with van der Waals surface area (Å²) in [5.74, 6) is -0.229. The normalized spacial score (nSPS) is 13.9. The Hall–Kier alpha value is -4.79. The Morgan fingerprint density at radius 1 is 1.00 bits per heavy atom. The van der Waals surface area contributed by atoms with E-state index in [1.165, 1.54) is 20.3 Å². The van der Waals surface area contributed by atoms with E-state index in [1.807, 2.05) is 6.07 Å². The maximum absolute atomic E-state index is 12.8. The minimum absolute atomic E-state index is 0.127. The molecule has 9 heteroatoms. The number of aliphatic carboxylic acids is 1. The second kappa shape index (κ2) is 11.3. The summed E-state index contributed by atoms with van der Waals surface area (Å²) in [4.78, 5) is 36.7. The summed E-state index contributed by atoms with van der Waals surface area (Å²) in [7, 11) is 3.06. The van der Waals surface area contributed by atoms with Gasteiger partial charge < -0.3 is 29.4 Å². The lowest BCUT2D eigenvalue weighted by molar-refractivity contribution is -0.142. The number of carbonyl (C=O) groups is 3. The molecule has 1 unspecified atom stereocenters. The molecular formula is C28H25NO8. The number of amides is 1. The summed E-state index contributed by atoms with van der Waals surface area (Å²) >= 11 is 0. The highest BCUT2D eigenvalue weighted by Gasteiger charge is 2.28. The Balaban J connectivity index is 1.39. The van der Waals surface area contributed by atoms with Gasteiger partial charge in [-0.1, -0.05) is 36.4 Å². The zero-order chi connectivity index (χ0) is 26.4. The van der Waals surface area contributed by atoms with Gasteiger partial charge in [-0.15, -0.1) is 0 Å². The van der Waals surface area contributed by atoms with Crippen LogP contribution in [-0.4, -0.2) is 49.6 Å². The quantitative estimate of drug-likeness (QED) is 0.404. The lowest BCUT2D eigenvalue weighted by Crippen LogP contribution is -2.44. The number of carboxylic acids is 1. The highest BCUT2D eigenvalue weighted by molar-refractivity contribution is 6.14. The summed E-state index contributed by atoms with van der Waals surface area (Å²) in [5.41, 5.74) is 1.83. The van der Waals surface area contributed by atoms with E-state index in [4.69, 9.17) is 18.9 Å². The van der Waals surface area contributed by atoms with Gasteiger partial charge in [0.25, 0.3) is 5.91 Å². The van der Waals surface area contributed by atoms with Gasteiger partial charge in [-0.05, 0) is 41.5 Å². The lowest BCUT2D eigenvalue weighted by atomic mass is 10.1. The average molecular weight is 504 g/mol. The SMILES string of the molecule is COc1ccc(C=C2Oc3cc(OCC(=O)NC(Cc4ccccc4)C(=O)O)ccc3C2=O)cc1OC. The Morgan fingerprint density at radius 3 is 2.46 bits per heavy atom. The van der Waals surface area contributed by atoms with Crippen LogP contribution in [0.5, 0.6) is 23.0 Å². The minimum Gasteiger partial charge on any atom is -0.493 e. The molecule has 0 radical (unpaired) electrons. The second-order valence-corrected chi connectivity index (χ2v) is 8.15. The van der Waals surface area contributed by atoms with Crippen molar-refractivity contribution in [2.45, 2.75) is 12.5 Å². The van der Waals surface area contributed by atoms with E-state index in [1.54, 1.807) is 60.7 Å². The summed E-state index contributed by atoms with van der Waals surface area (Å²) in [6.07, 6.45) is 1.74. The number of carboxylic acid groups (broad SMARTS) is 1. The fraction of sp³-hybridized carbons (Fsp3) is 0.179. The molecule has 0 saturated heterocycles.